The maximum Gasteiger partial charge on any atom is 0.123 e. The summed E-state index contributed by atoms with van der Waals surface area (Å²) in [6, 6.07) is 4.26. The molecule has 0 aromatic heterocycles. The molecule has 0 fully saturated rings. The fourth-order valence-electron chi connectivity index (χ4n) is 1.06. The van der Waals surface area contributed by atoms with Gasteiger partial charge in [0.05, 0.1) is 13.7 Å². The van der Waals surface area contributed by atoms with Crippen molar-refractivity contribution < 1.29 is 14.2 Å². The Morgan fingerprint density at radius 2 is 2.12 bits per heavy atom. The Morgan fingerprint density at radius 3 is 2.56 bits per heavy atom. The minimum atomic E-state index is -0.306. The van der Waals surface area contributed by atoms with E-state index in [1.54, 1.807) is 13.0 Å². The summed E-state index contributed by atoms with van der Waals surface area (Å²) in [6.45, 7) is 2.09. The summed E-state index contributed by atoms with van der Waals surface area (Å²) in [5, 5.41) is 11.1. The molecule has 0 radical (unpaired) electrons. The van der Waals surface area contributed by atoms with Crippen LogP contribution in [0.15, 0.2) is 23.4 Å². The van der Waals surface area contributed by atoms with Crippen molar-refractivity contribution in [2.45, 2.75) is 13.3 Å². The molecule has 0 aliphatic heterocycles. The van der Waals surface area contributed by atoms with Crippen molar-refractivity contribution in [3.63, 3.8) is 0 Å². The molecule has 0 spiro atoms. The van der Waals surface area contributed by atoms with Crippen LogP contribution in [0.1, 0.15) is 12.5 Å². The summed E-state index contributed by atoms with van der Waals surface area (Å²) < 4.78 is 17.6. The molecule has 0 amide bonds. The first-order valence-corrected chi connectivity index (χ1v) is 4.92. The van der Waals surface area contributed by atoms with Gasteiger partial charge in [-0.2, -0.15) is 4.91 Å². The molecule has 1 rings (SSSR count). The van der Waals surface area contributed by atoms with Gasteiger partial charge in [-0.15, -0.1) is 0 Å². The molecule has 16 heavy (non-hydrogen) atoms. The summed E-state index contributed by atoms with van der Waals surface area (Å²) in [4.78, 5) is 8.92. The molecular formula is C11H16FNO3. The molecule has 0 aliphatic carbocycles. The van der Waals surface area contributed by atoms with Gasteiger partial charge >= 0.3 is 0 Å². The maximum atomic E-state index is 12.7. The van der Waals surface area contributed by atoms with E-state index in [-0.39, 0.29) is 12.4 Å². The number of aliphatic hydroxyl groups is 1. The van der Waals surface area contributed by atoms with Gasteiger partial charge in [0, 0.05) is 6.61 Å². The molecule has 0 saturated carbocycles. The lowest BCUT2D eigenvalue weighted by molar-refractivity contribution is 0.296. The molecule has 0 aliphatic rings. The van der Waals surface area contributed by atoms with E-state index in [4.69, 9.17) is 14.8 Å². The van der Waals surface area contributed by atoms with Crippen LogP contribution >= 0.6 is 0 Å². The Kier molecular flexibility index (Phi) is 7.97. The van der Waals surface area contributed by atoms with E-state index in [1.807, 2.05) is 0 Å². The first-order valence-electron chi connectivity index (χ1n) is 4.92. The second kappa shape index (κ2) is 8.79. The van der Waals surface area contributed by atoms with Crippen molar-refractivity contribution in [2.75, 3.05) is 20.3 Å². The van der Waals surface area contributed by atoms with E-state index < -0.39 is 0 Å². The zero-order valence-corrected chi connectivity index (χ0v) is 9.44. The number of methoxy groups -OCH3 is 1. The third-order valence-corrected chi connectivity index (χ3v) is 1.75. The summed E-state index contributed by atoms with van der Waals surface area (Å²) in [5.41, 5.74) is 0.694. The number of benzene rings is 1. The summed E-state index contributed by atoms with van der Waals surface area (Å²) in [5.74, 6) is 0.310. The van der Waals surface area contributed by atoms with E-state index in [9.17, 15) is 4.39 Å². The van der Waals surface area contributed by atoms with Gasteiger partial charge in [0.15, 0.2) is 0 Å². The highest BCUT2D eigenvalue weighted by molar-refractivity contribution is 5.33. The molecule has 0 saturated heterocycles. The SMILES string of the molecule is CCN=O.COc1ccc(F)cc1CCO. The third kappa shape index (κ3) is 5.41. The van der Waals surface area contributed by atoms with E-state index in [1.165, 1.54) is 19.2 Å². The molecular weight excluding hydrogens is 213 g/mol. The molecule has 0 atom stereocenters. The van der Waals surface area contributed by atoms with Crippen LogP contribution in [0.4, 0.5) is 4.39 Å². The summed E-state index contributed by atoms with van der Waals surface area (Å²) >= 11 is 0. The Balaban J connectivity index is 0.000000487. The fraction of sp³-hybridized carbons (Fsp3) is 0.455. The lowest BCUT2D eigenvalue weighted by Crippen LogP contribution is -1.96. The first-order chi connectivity index (χ1) is 7.69. The van der Waals surface area contributed by atoms with Crippen LogP contribution in [0.25, 0.3) is 0 Å². The Bertz CT molecular complexity index is 318. The second-order valence-corrected chi connectivity index (χ2v) is 2.88. The van der Waals surface area contributed by atoms with Crippen LogP contribution < -0.4 is 4.74 Å². The predicted molar refractivity (Wildman–Crippen MR) is 60.1 cm³/mol. The first kappa shape index (κ1) is 14.5. The van der Waals surface area contributed by atoms with Gasteiger partial charge in [-0.3, -0.25) is 0 Å². The second-order valence-electron chi connectivity index (χ2n) is 2.88. The highest BCUT2D eigenvalue weighted by Gasteiger charge is 2.02. The molecule has 0 bridgehead atoms. The predicted octanol–water partition coefficient (Wildman–Crippen LogP) is 2.14. The Hall–Kier alpha value is -1.49. The molecule has 90 valence electrons. The number of hydrogen-bond donors (Lipinski definition) is 1. The summed E-state index contributed by atoms with van der Waals surface area (Å²) in [6.07, 6.45) is 0.418. The monoisotopic (exact) mass is 229 g/mol. The van der Waals surface area contributed by atoms with Crippen LogP contribution in [-0.2, 0) is 6.42 Å². The number of nitrogens with zero attached hydrogens (tertiary/aromatic N) is 1. The van der Waals surface area contributed by atoms with Crippen LogP contribution in [0, 0.1) is 10.7 Å². The molecule has 1 aromatic carbocycles. The van der Waals surface area contributed by atoms with Crippen molar-refractivity contribution in [1.29, 1.82) is 0 Å². The number of nitroso groups, excluding NO2 is 1. The van der Waals surface area contributed by atoms with Crippen molar-refractivity contribution in [3.05, 3.63) is 34.5 Å². The average molecular weight is 229 g/mol. The Morgan fingerprint density at radius 1 is 1.50 bits per heavy atom. The zero-order chi connectivity index (χ0) is 12.4. The van der Waals surface area contributed by atoms with Crippen molar-refractivity contribution in [3.8, 4) is 5.75 Å². The van der Waals surface area contributed by atoms with Crippen LogP contribution in [0.2, 0.25) is 0 Å². The summed E-state index contributed by atoms with van der Waals surface area (Å²) in [7, 11) is 1.52. The van der Waals surface area contributed by atoms with Gasteiger partial charge in [0.25, 0.3) is 0 Å². The van der Waals surface area contributed by atoms with Crippen molar-refractivity contribution >= 4 is 0 Å². The highest BCUT2D eigenvalue weighted by atomic mass is 19.1. The largest absolute Gasteiger partial charge is 0.496 e. The average Bonchev–Trinajstić information content (AvgIpc) is 2.30. The normalized spacial score (nSPS) is 9.00. The van der Waals surface area contributed by atoms with Gasteiger partial charge in [0.2, 0.25) is 0 Å². The smallest absolute Gasteiger partial charge is 0.123 e. The van der Waals surface area contributed by atoms with E-state index in [0.29, 0.717) is 24.3 Å². The molecule has 5 heteroatoms. The van der Waals surface area contributed by atoms with Gasteiger partial charge in [-0.1, -0.05) is 5.18 Å². The van der Waals surface area contributed by atoms with Gasteiger partial charge in [-0.25, -0.2) is 4.39 Å². The van der Waals surface area contributed by atoms with Crippen molar-refractivity contribution in [1.82, 2.24) is 0 Å². The maximum absolute atomic E-state index is 12.7. The van der Waals surface area contributed by atoms with E-state index in [0.717, 1.165) is 0 Å². The van der Waals surface area contributed by atoms with E-state index >= 15 is 0 Å². The number of rotatable bonds is 4. The molecule has 0 unspecified atom stereocenters. The number of ether oxygens (including phenoxy) is 1. The lowest BCUT2D eigenvalue weighted by Gasteiger charge is -2.06. The van der Waals surface area contributed by atoms with Gasteiger partial charge in [0.1, 0.15) is 11.6 Å². The fourth-order valence-corrected chi connectivity index (χ4v) is 1.06. The molecule has 0 heterocycles. The number of aliphatic hydroxyl groups excluding tert-OH is 1. The standard InChI is InChI=1S/C9H11FO2.C2H5NO/c1-12-9-3-2-8(10)6-7(9)4-5-11;1-2-3-4/h2-3,6,11H,4-5H2,1H3;2H2,1H3. The zero-order valence-electron chi connectivity index (χ0n) is 9.44. The topological polar surface area (TPSA) is 58.9 Å². The molecule has 1 aromatic rings. The molecule has 1 N–H and O–H groups in total. The quantitative estimate of drug-likeness (QED) is 0.805. The highest BCUT2D eigenvalue weighted by Crippen LogP contribution is 2.19. The number of halogens is 1. The number of hydrogen-bond acceptors (Lipinski definition) is 4. The minimum absolute atomic E-state index is 0.000185. The van der Waals surface area contributed by atoms with Crippen LogP contribution in [0.3, 0.4) is 0 Å². The van der Waals surface area contributed by atoms with E-state index in [2.05, 4.69) is 5.18 Å². The third-order valence-electron chi connectivity index (χ3n) is 1.75. The van der Waals surface area contributed by atoms with Crippen LogP contribution in [0.5, 0.6) is 5.75 Å². The van der Waals surface area contributed by atoms with Gasteiger partial charge < -0.3 is 9.84 Å². The lowest BCUT2D eigenvalue weighted by atomic mass is 10.1. The van der Waals surface area contributed by atoms with Crippen molar-refractivity contribution in [2.24, 2.45) is 5.18 Å². The van der Waals surface area contributed by atoms with Crippen LogP contribution in [-0.4, -0.2) is 25.4 Å². The van der Waals surface area contributed by atoms with Gasteiger partial charge in [-0.05, 0) is 37.1 Å². The Labute approximate surface area is 94.0 Å². The molecule has 4 nitrogen and oxygen atoms in total. The minimum Gasteiger partial charge on any atom is -0.496 e.